The standard InChI is InChI=1S/C12H13ClN6OS/c13-8-4-2-1-3-7(8)9-5-10(16-15-9)11(20)18-19-6-14-17-12(19)21/h1-4,6,9-10,15-16H,5H2,(H,17,21)(H,18,20). The second kappa shape index (κ2) is 5.94. The van der Waals surface area contributed by atoms with Gasteiger partial charge in [0.25, 0.3) is 5.91 Å². The topological polar surface area (TPSA) is 86.8 Å². The van der Waals surface area contributed by atoms with Gasteiger partial charge in [-0.05, 0) is 30.3 Å². The molecule has 0 spiro atoms. The predicted molar refractivity (Wildman–Crippen MR) is 80.6 cm³/mol. The lowest BCUT2D eigenvalue weighted by Gasteiger charge is -2.11. The van der Waals surface area contributed by atoms with Gasteiger partial charge < -0.3 is 0 Å². The highest BCUT2D eigenvalue weighted by molar-refractivity contribution is 7.71. The molecule has 21 heavy (non-hydrogen) atoms. The van der Waals surface area contributed by atoms with Crippen molar-refractivity contribution in [3.63, 3.8) is 0 Å². The monoisotopic (exact) mass is 324 g/mol. The largest absolute Gasteiger partial charge is 0.271 e. The smallest absolute Gasteiger partial charge is 0.257 e. The summed E-state index contributed by atoms with van der Waals surface area (Å²) in [5.74, 6) is -0.199. The number of rotatable bonds is 3. The van der Waals surface area contributed by atoms with Gasteiger partial charge in [0.15, 0.2) is 0 Å². The van der Waals surface area contributed by atoms with Crippen molar-refractivity contribution in [3.05, 3.63) is 45.9 Å². The first-order valence-electron chi connectivity index (χ1n) is 6.33. The zero-order valence-corrected chi connectivity index (χ0v) is 12.4. The van der Waals surface area contributed by atoms with E-state index in [4.69, 9.17) is 23.8 Å². The average Bonchev–Trinajstić information content (AvgIpc) is 3.09. The summed E-state index contributed by atoms with van der Waals surface area (Å²) in [6.45, 7) is 0. The first-order valence-corrected chi connectivity index (χ1v) is 7.12. The maximum absolute atomic E-state index is 12.2. The zero-order valence-electron chi connectivity index (χ0n) is 10.8. The van der Waals surface area contributed by atoms with E-state index in [0.717, 1.165) is 5.56 Å². The molecule has 110 valence electrons. The van der Waals surface area contributed by atoms with E-state index in [1.807, 2.05) is 24.3 Å². The minimum atomic E-state index is -0.386. The van der Waals surface area contributed by atoms with E-state index in [1.165, 1.54) is 11.0 Å². The summed E-state index contributed by atoms with van der Waals surface area (Å²) >= 11 is 11.1. The quantitative estimate of drug-likeness (QED) is 0.639. The lowest BCUT2D eigenvalue weighted by Crippen LogP contribution is -2.42. The molecule has 3 rings (SSSR count). The van der Waals surface area contributed by atoms with Gasteiger partial charge in [0.1, 0.15) is 12.4 Å². The molecule has 1 aromatic carbocycles. The van der Waals surface area contributed by atoms with Crippen molar-refractivity contribution in [2.75, 3.05) is 5.43 Å². The van der Waals surface area contributed by atoms with E-state index in [9.17, 15) is 4.79 Å². The van der Waals surface area contributed by atoms with Crippen molar-refractivity contribution in [2.24, 2.45) is 0 Å². The zero-order chi connectivity index (χ0) is 14.8. The van der Waals surface area contributed by atoms with Crippen LogP contribution in [0.3, 0.4) is 0 Å². The van der Waals surface area contributed by atoms with Crippen molar-refractivity contribution in [1.82, 2.24) is 25.7 Å². The van der Waals surface area contributed by atoms with Crippen molar-refractivity contribution in [1.29, 1.82) is 0 Å². The van der Waals surface area contributed by atoms with Crippen LogP contribution in [0.5, 0.6) is 0 Å². The first-order chi connectivity index (χ1) is 10.1. The minimum absolute atomic E-state index is 0.0215. The fraction of sp³-hybridized carbons (Fsp3) is 0.250. The molecular formula is C12H13ClN6OS. The molecule has 0 bridgehead atoms. The summed E-state index contributed by atoms with van der Waals surface area (Å²) in [7, 11) is 0. The molecular weight excluding hydrogens is 312 g/mol. The molecule has 2 heterocycles. The average molecular weight is 325 g/mol. The Labute approximate surface area is 130 Å². The molecule has 2 unspecified atom stereocenters. The molecule has 2 aromatic rings. The molecule has 9 heteroatoms. The number of aromatic nitrogens is 3. The Bertz CT molecular complexity index is 714. The van der Waals surface area contributed by atoms with Crippen LogP contribution in [0.4, 0.5) is 0 Å². The van der Waals surface area contributed by atoms with Crippen LogP contribution in [-0.2, 0) is 4.79 Å². The number of carbonyl (C=O) groups is 1. The summed E-state index contributed by atoms with van der Waals surface area (Å²) in [6.07, 6.45) is 1.99. The molecule has 1 fully saturated rings. The van der Waals surface area contributed by atoms with E-state index >= 15 is 0 Å². The number of nitrogens with zero attached hydrogens (tertiary/aromatic N) is 2. The lowest BCUT2D eigenvalue weighted by atomic mass is 10.0. The number of nitrogens with one attached hydrogen (secondary N) is 4. The molecule has 1 saturated heterocycles. The summed E-state index contributed by atoms with van der Waals surface area (Å²) in [5, 5.41) is 6.98. The molecule has 1 aliphatic rings. The van der Waals surface area contributed by atoms with E-state index in [2.05, 4.69) is 26.5 Å². The van der Waals surface area contributed by atoms with Gasteiger partial charge in [0, 0.05) is 11.1 Å². The number of hydrazine groups is 1. The fourth-order valence-electron chi connectivity index (χ4n) is 2.21. The van der Waals surface area contributed by atoms with Crippen LogP contribution < -0.4 is 16.3 Å². The third-order valence-electron chi connectivity index (χ3n) is 3.28. The van der Waals surface area contributed by atoms with Crippen LogP contribution >= 0.6 is 23.8 Å². The summed E-state index contributed by atoms with van der Waals surface area (Å²) < 4.78 is 1.69. The van der Waals surface area contributed by atoms with Crippen molar-refractivity contribution in [3.8, 4) is 0 Å². The highest BCUT2D eigenvalue weighted by Crippen LogP contribution is 2.28. The lowest BCUT2D eigenvalue weighted by molar-refractivity contribution is -0.118. The van der Waals surface area contributed by atoms with Gasteiger partial charge >= 0.3 is 0 Å². The van der Waals surface area contributed by atoms with Crippen LogP contribution in [0, 0.1) is 4.77 Å². The van der Waals surface area contributed by atoms with Crippen LogP contribution in [0.1, 0.15) is 18.0 Å². The number of halogens is 1. The molecule has 7 nitrogen and oxygen atoms in total. The van der Waals surface area contributed by atoms with E-state index in [1.54, 1.807) is 0 Å². The number of hydrogen-bond acceptors (Lipinski definition) is 5. The molecule has 1 aromatic heterocycles. The van der Waals surface area contributed by atoms with Crippen LogP contribution in [-0.4, -0.2) is 26.8 Å². The Morgan fingerprint density at radius 2 is 2.24 bits per heavy atom. The SMILES string of the molecule is O=C(Nn1cn[nH]c1=S)C1CC(c2ccccc2Cl)NN1. The van der Waals surface area contributed by atoms with Gasteiger partial charge in [-0.2, -0.15) is 5.10 Å². The number of aromatic amines is 1. The van der Waals surface area contributed by atoms with Gasteiger partial charge in [-0.3, -0.25) is 15.3 Å². The fourth-order valence-corrected chi connectivity index (χ4v) is 2.63. The number of carbonyl (C=O) groups excluding carboxylic acids is 1. The maximum atomic E-state index is 12.2. The maximum Gasteiger partial charge on any atom is 0.257 e. The third-order valence-corrected chi connectivity index (χ3v) is 3.92. The molecule has 1 amide bonds. The molecule has 4 N–H and O–H groups in total. The Kier molecular flexibility index (Phi) is 4.02. The van der Waals surface area contributed by atoms with Crippen LogP contribution in [0.25, 0.3) is 0 Å². The summed E-state index contributed by atoms with van der Waals surface area (Å²) in [4.78, 5) is 12.2. The van der Waals surface area contributed by atoms with E-state index in [-0.39, 0.29) is 18.0 Å². The number of hydrogen-bond donors (Lipinski definition) is 4. The summed E-state index contributed by atoms with van der Waals surface area (Å²) in [5.41, 5.74) is 9.67. The first kappa shape index (κ1) is 14.2. The van der Waals surface area contributed by atoms with Crippen LogP contribution in [0.15, 0.2) is 30.6 Å². The minimum Gasteiger partial charge on any atom is -0.271 e. The Hall–Kier alpha value is -1.74. The third kappa shape index (κ3) is 2.98. The predicted octanol–water partition coefficient (Wildman–Crippen LogP) is 1.27. The highest BCUT2D eigenvalue weighted by Gasteiger charge is 2.31. The molecule has 0 radical (unpaired) electrons. The highest BCUT2D eigenvalue weighted by atomic mass is 35.5. The Morgan fingerprint density at radius 3 is 2.95 bits per heavy atom. The number of amides is 1. The van der Waals surface area contributed by atoms with Gasteiger partial charge in [-0.1, -0.05) is 29.8 Å². The van der Waals surface area contributed by atoms with Crippen LogP contribution in [0.2, 0.25) is 5.02 Å². The number of H-pyrrole nitrogens is 1. The van der Waals surface area contributed by atoms with Crippen molar-refractivity contribution < 1.29 is 4.79 Å². The van der Waals surface area contributed by atoms with Gasteiger partial charge in [-0.25, -0.2) is 15.5 Å². The van der Waals surface area contributed by atoms with E-state index in [0.29, 0.717) is 16.2 Å². The van der Waals surface area contributed by atoms with Crippen molar-refractivity contribution >= 4 is 29.7 Å². The molecule has 1 aliphatic heterocycles. The second-order valence-electron chi connectivity index (χ2n) is 4.66. The normalized spacial score (nSPS) is 21.4. The molecule has 0 saturated carbocycles. The van der Waals surface area contributed by atoms with Gasteiger partial charge in [-0.15, -0.1) is 0 Å². The Balaban J connectivity index is 1.67. The van der Waals surface area contributed by atoms with Gasteiger partial charge in [0.05, 0.1) is 0 Å². The van der Waals surface area contributed by atoms with E-state index < -0.39 is 0 Å². The van der Waals surface area contributed by atoms with Gasteiger partial charge in [0.2, 0.25) is 4.77 Å². The Morgan fingerprint density at radius 1 is 1.43 bits per heavy atom. The second-order valence-corrected chi connectivity index (χ2v) is 5.45. The molecule has 2 atom stereocenters. The van der Waals surface area contributed by atoms with Crippen molar-refractivity contribution in [2.45, 2.75) is 18.5 Å². The molecule has 0 aliphatic carbocycles. The number of benzene rings is 1. The summed E-state index contributed by atoms with van der Waals surface area (Å²) in [6, 6.07) is 7.15.